The zero-order valence-electron chi connectivity index (χ0n) is 5.60. The summed E-state index contributed by atoms with van der Waals surface area (Å²) in [7, 11) is 0. The van der Waals surface area contributed by atoms with Crippen LogP contribution in [0.15, 0.2) is 0 Å². The number of hydrazine groups is 2. The molecule has 1 atom stereocenters. The number of halogens is 1. The van der Waals surface area contributed by atoms with Crippen molar-refractivity contribution in [3.63, 3.8) is 0 Å². The summed E-state index contributed by atoms with van der Waals surface area (Å²) in [6.07, 6.45) is 0.753. The van der Waals surface area contributed by atoms with E-state index in [1.54, 1.807) is 23.0 Å². The molecule has 4 N–H and O–H groups in total. The van der Waals surface area contributed by atoms with E-state index in [1.165, 1.54) is 0 Å². The van der Waals surface area contributed by atoms with E-state index >= 15 is 0 Å². The van der Waals surface area contributed by atoms with Gasteiger partial charge in [0.25, 0.3) is 0 Å². The van der Waals surface area contributed by atoms with E-state index in [-0.39, 0.29) is 0 Å². The van der Waals surface area contributed by atoms with Crippen LogP contribution in [0.25, 0.3) is 0 Å². The van der Waals surface area contributed by atoms with Crippen LogP contribution >= 0.6 is 23.0 Å². The van der Waals surface area contributed by atoms with Crippen LogP contribution in [0.1, 0.15) is 20.3 Å². The highest BCUT2D eigenvalue weighted by Crippen LogP contribution is 2.17. The van der Waals surface area contributed by atoms with Crippen molar-refractivity contribution in [2.24, 2.45) is 11.7 Å². The van der Waals surface area contributed by atoms with Gasteiger partial charge >= 0.3 is 0 Å². The highest BCUT2D eigenvalue weighted by atomic mass is 127. The fourth-order valence-electron chi connectivity index (χ4n) is 0.277. The van der Waals surface area contributed by atoms with Crippen molar-refractivity contribution in [1.82, 2.24) is 5.12 Å². The van der Waals surface area contributed by atoms with Gasteiger partial charge in [-0.1, -0.05) is 6.92 Å². The molecule has 0 saturated heterocycles. The van der Waals surface area contributed by atoms with Crippen molar-refractivity contribution in [2.45, 2.75) is 26.0 Å². The summed E-state index contributed by atoms with van der Waals surface area (Å²) >= 11 is 1.78. The Morgan fingerprint density at radius 2 is 2.11 bits per heavy atom. The lowest BCUT2D eigenvalue weighted by molar-refractivity contribution is -0.0460. The number of hydrogen-bond acceptors (Lipinski definition) is 4. The van der Waals surface area contributed by atoms with Gasteiger partial charge in [0.15, 0.2) is 5.72 Å². The van der Waals surface area contributed by atoms with Crippen LogP contribution in [0.5, 0.6) is 0 Å². The van der Waals surface area contributed by atoms with Crippen LogP contribution < -0.4 is 11.7 Å². The van der Waals surface area contributed by atoms with E-state index in [0.29, 0.717) is 0 Å². The van der Waals surface area contributed by atoms with Crippen LogP contribution in [0, 0.1) is 0 Å². The summed E-state index contributed by atoms with van der Waals surface area (Å²) in [6, 6.07) is 0. The Bertz CT molecular complexity index is 83.9. The molecule has 56 valence electrons. The monoisotopic (exact) mass is 245 g/mol. The van der Waals surface area contributed by atoms with Crippen molar-refractivity contribution in [3.8, 4) is 0 Å². The summed E-state index contributed by atoms with van der Waals surface area (Å²) in [6.45, 7) is 3.77. The van der Waals surface area contributed by atoms with E-state index < -0.39 is 5.72 Å². The molecule has 0 spiro atoms. The van der Waals surface area contributed by atoms with Gasteiger partial charge in [-0.3, -0.25) is 14.8 Å². The second kappa shape index (κ2) is 3.67. The number of hydrogen-bond donors (Lipinski definition) is 2. The maximum absolute atomic E-state index is 5.27. The Hall–Kier alpha value is 0.570. The van der Waals surface area contributed by atoms with Crippen molar-refractivity contribution >= 4 is 23.0 Å². The SMILES string of the molecule is CCC(C)(OI)N(N)N. The molecule has 0 aliphatic heterocycles. The molecular formula is C4H12IN3O. The van der Waals surface area contributed by atoms with Gasteiger partial charge in [0.1, 0.15) is 23.0 Å². The van der Waals surface area contributed by atoms with Crippen molar-refractivity contribution in [3.05, 3.63) is 0 Å². The summed E-state index contributed by atoms with van der Waals surface area (Å²) < 4.78 is 4.99. The third-order valence-electron chi connectivity index (χ3n) is 1.37. The normalized spacial score (nSPS) is 18.0. The summed E-state index contributed by atoms with van der Waals surface area (Å²) in [4.78, 5) is 0. The molecular weight excluding hydrogens is 233 g/mol. The lowest BCUT2D eigenvalue weighted by Gasteiger charge is -2.30. The summed E-state index contributed by atoms with van der Waals surface area (Å²) in [5.41, 5.74) is -0.541. The van der Waals surface area contributed by atoms with Gasteiger partial charge in [-0.05, 0) is 13.3 Å². The Kier molecular flexibility index (Phi) is 3.90. The van der Waals surface area contributed by atoms with Gasteiger partial charge in [-0.2, -0.15) is 5.12 Å². The predicted molar refractivity (Wildman–Crippen MR) is 44.0 cm³/mol. The van der Waals surface area contributed by atoms with Gasteiger partial charge in [-0.15, -0.1) is 0 Å². The summed E-state index contributed by atoms with van der Waals surface area (Å²) in [5, 5.41) is 1.07. The van der Waals surface area contributed by atoms with Gasteiger partial charge in [0.05, 0.1) is 0 Å². The van der Waals surface area contributed by atoms with E-state index in [9.17, 15) is 0 Å². The molecule has 5 heteroatoms. The first-order valence-corrected chi connectivity index (χ1v) is 3.54. The van der Waals surface area contributed by atoms with Gasteiger partial charge in [0.2, 0.25) is 0 Å². The zero-order chi connectivity index (χ0) is 7.49. The van der Waals surface area contributed by atoms with Gasteiger partial charge in [-0.25, -0.2) is 0 Å². The van der Waals surface area contributed by atoms with Crippen LogP contribution in [-0.4, -0.2) is 10.8 Å². The summed E-state index contributed by atoms with van der Waals surface area (Å²) in [5.74, 6) is 10.5. The molecule has 0 saturated carbocycles. The van der Waals surface area contributed by atoms with Crippen LogP contribution in [-0.2, 0) is 3.07 Å². The van der Waals surface area contributed by atoms with E-state index in [0.717, 1.165) is 11.5 Å². The first-order valence-electron chi connectivity index (χ1n) is 2.66. The van der Waals surface area contributed by atoms with Crippen LogP contribution in [0.4, 0.5) is 0 Å². The fraction of sp³-hybridized carbons (Fsp3) is 1.00. The Morgan fingerprint density at radius 3 is 2.11 bits per heavy atom. The van der Waals surface area contributed by atoms with E-state index in [2.05, 4.69) is 0 Å². The van der Waals surface area contributed by atoms with Crippen molar-refractivity contribution < 1.29 is 3.07 Å². The predicted octanol–water partition coefficient (Wildman–Crippen LogP) is 0.529. The molecule has 0 aliphatic carbocycles. The minimum atomic E-state index is -0.541. The standard InChI is InChI=1S/C4H12IN3O/c1-3-4(2,9-5)8(6)7/h3,6-7H2,1-2H3. The molecule has 9 heavy (non-hydrogen) atoms. The highest BCUT2D eigenvalue weighted by Gasteiger charge is 2.25. The topological polar surface area (TPSA) is 64.5 Å². The molecule has 0 heterocycles. The molecule has 0 rings (SSSR count). The Morgan fingerprint density at radius 1 is 1.67 bits per heavy atom. The van der Waals surface area contributed by atoms with E-state index in [4.69, 9.17) is 14.8 Å². The number of nitrogens with two attached hydrogens (primary N) is 2. The quantitative estimate of drug-likeness (QED) is 0.329. The lowest BCUT2D eigenvalue weighted by atomic mass is 10.2. The fourth-order valence-corrected chi connectivity index (χ4v) is 0.816. The zero-order valence-corrected chi connectivity index (χ0v) is 7.75. The molecule has 0 aromatic rings. The average Bonchev–Trinajstić information content (AvgIpc) is 1.86. The first-order chi connectivity index (χ1) is 4.06. The minimum absolute atomic E-state index is 0.541. The molecule has 1 unspecified atom stereocenters. The Labute approximate surface area is 69.1 Å². The van der Waals surface area contributed by atoms with Gasteiger partial charge < -0.3 is 0 Å². The molecule has 4 nitrogen and oxygen atoms in total. The molecule has 0 radical (unpaired) electrons. The molecule has 0 aromatic heterocycles. The maximum atomic E-state index is 5.27. The van der Waals surface area contributed by atoms with Crippen molar-refractivity contribution in [1.29, 1.82) is 0 Å². The smallest absolute Gasteiger partial charge is 0.156 e. The first kappa shape index (κ1) is 9.57. The molecule has 0 aliphatic rings. The average molecular weight is 245 g/mol. The minimum Gasteiger partial charge on any atom is -0.291 e. The largest absolute Gasteiger partial charge is 0.291 e. The van der Waals surface area contributed by atoms with Gasteiger partial charge in [0, 0.05) is 0 Å². The second-order valence-corrected chi connectivity index (χ2v) is 2.45. The molecule has 0 fully saturated rings. The highest BCUT2D eigenvalue weighted by molar-refractivity contribution is 14.1. The van der Waals surface area contributed by atoms with E-state index in [1.807, 2.05) is 13.8 Å². The van der Waals surface area contributed by atoms with Crippen molar-refractivity contribution in [2.75, 3.05) is 0 Å². The van der Waals surface area contributed by atoms with Crippen LogP contribution in [0.2, 0.25) is 0 Å². The molecule has 0 aromatic carbocycles. The second-order valence-electron chi connectivity index (χ2n) is 2.01. The Balaban J connectivity index is 3.92. The molecule has 0 bridgehead atoms. The van der Waals surface area contributed by atoms with Crippen LogP contribution in [0.3, 0.4) is 0 Å². The third kappa shape index (κ3) is 2.34. The third-order valence-corrected chi connectivity index (χ3v) is 2.32. The maximum Gasteiger partial charge on any atom is 0.156 e. The molecule has 0 amide bonds. The number of rotatable bonds is 3. The lowest BCUT2D eigenvalue weighted by Crippen LogP contribution is -2.55. The number of nitrogens with zero attached hydrogens (tertiary/aromatic N) is 1.